The third-order valence-electron chi connectivity index (χ3n) is 4.21. The van der Waals surface area contributed by atoms with E-state index in [1.54, 1.807) is 0 Å². The lowest BCUT2D eigenvalue weighted by molar-refractivity contribution is -0.121. The molecule has 128 valence electrons. The van der Waals surface area contributed by atoms with Gasteiger partial charge in [0.1, 0.15) is 0 Å². The van der Waals surface area contributed by atoms with Gasteiger partial charge in [-0.3, -0.25) is 4.79 Å². The summed E-state index contributed by atoms with van der Waals surface area (Å²) in [5, 5.41) is 6.95. The Bertz CT molecular complexity index is 670. The normalized spacial score (nSPS) is 13.3. The summed E-state index contributed by atoms with van der Waals surface area (Å²) in [6.07, 6.45) is 1.02. The molecule has 2 rings (SSSR count). The quantitative estimate of drug-likeness (QED) is 0.780. The monoisotopic (exact) mass is 344 g/mol. The van der Waals surface area contributed by atoms with Crippen molar-refractivity contribution in [2.24, 2.45) is 0 Å². The molecule has 0 saturated heterocycles. The van der Waals surface area contributed by atoms with Crippen molar-refractivity contribution in [1.82, 2.24) is 10.6 Å². The number of aryl methyl sites for hydroxylation is 1. The van der Waals surface area contributed by atoms with E-state index in [0.717, 1.165) is 17.5 Å². The van der Waals surface area contributed by atoms with Crippen molar-refractivity contribution in [3.8, 4) is 0 Å². The number of carbonyl (C=O) groups excluding carboxylic acids is 1. The lowest BCUT2D eigenvalue weighted by Gasteiger charge is -2.18. The third kappa shape index (κ3) is 5.08. The Morgan fingerprint density at radius 3 is 2.33 bits per heavy atom. The van der Waals surface area contributed by atoms with E-state index in [-0.39, 0.29) is 24.5 Å². The number of nitrogens with one attached hydrogen (secondary N) is 2. The number of carbonyl (C=O) groups is 1. The van der Waals surface area contributed by atoms with Crippen LogP contribution in [0.2, 0.25) is 5.02 Å². The van der Waals surface area contributed by atoms with E-state index < -0.39 is 0 Å². The molecule has 0 heterocycles. The Morgan fingerprint density at radius 2 is 1.71 bits per heavy atom. The summed E-state index contributed by atoms with van der Waals surface area (Å²) in [6.45, 7) is 6.38. The largest absolute Gasteiger partial charge is 0.348 e. The smallest absolute Gasteiger partial charge is 0.234 e. The van der Waals surface area contributed by atoms with Gasteiger partial charge in [-0.25, -0.2) is 0 Å². The van der Waals surface area contributed by atoms with Crippen LogP contribution in [-0.2, 0) is 11.2 Å². The van der Waals surface area contributed by atoms with Gasteiger partial charge in [-0.1, -0.05) is 61.0 Å². The average Bonchev–Trinajstić information content (AvgIpc) is 2.60. The van der Waals surface area contributed by atoms with Crippen LogP contribution in [0.1, 0.15) is 49.5 Å². The topological polar surface area (TPSA) is 41.1 Å². The summed E-state index contributed by atoms with van der Waals surface area (Å²) in [7, 11) is 0. The molecule has 0 aliphatic heterocycles. The molecule has 2 N–H and O–H groups in total. The average molecular weight is 345 g/mol. The highest BCUT2D eigenvalue weighted by atomic mass is 35.5. The Kier molecular flexibility index (Phi) is 6.83. The predicted octanol–water partition coefficient (Wildman–Crippen LogP) is 4.43. The molecular formula is C20H25ClN2O. The molecule has 0 aliphatic rings. The molecule has 0 aliphatic carbocycles. The number of halogens is 1. The van der Waals surface area contributed by atoms with Crippen molar-refractivity contribution in [1.29, 1.82) is 0 Å². The fraction of sp³-hybridized carbons (Fsp3) is 0.350. The number of amides is 1. The molecule has 2 atom stereocenters. The highest BCUT2D eigenvalue weighted by molar-refractivity contribution is 6.31. The summed E-state index contributed by atoms with van der Waals surface area (Å²) in [5.41, 5.74) is 3.40. The van der Waals surface area contributed by atoms with Crippen LogP contribution in [0.25, 0.3) is 0 Å². The van der Waals surface area contributed by atoms with Crippen LogP contribution < -0.4 is 10.6 Å². The van der Waals surface area contributed by atoms with Crippen LogP contribution in [-0.4, -0.2) is 12.5 Å². The zero-order chi connectivity index (χ0) is 17.5. The Labute approximate surface area is 149 Å². The van der Waals surface area contributed by atoms with Crippen molar-refractivity contribution < 1.29 is 4.79 Å². The van der Waals surface area contributed by atoms with Gasteiger partial charge in [-0.05, 0) is 43.0 Å². The number of hydrogen-bond donors (Lipinski definition) is 2. The van der Waals surface area contributed by atoms with E-state index in [0.29, 0.717) is 5.02 Å². The second-order valence-electron chi connectivity index (χ2n) is 6.01. The van der Waals surface area contributed by atoms with Crippen molar-refractivity contribution >= 4 is 17.5 Å². The fourth-order valence-corrected chi connectivity index (χ4v) is 2.90. The third-order valence-corrected chi connectivity index (χ3v) is 4.55. The summed E-state index contributed by atoms with van der Waals surface area (Å²) < 4.78 is 0. The highest BCUT2D eigenvalue weighted by Gasteiger charge is 2.13. The second kappa shape index (κ2) is 8.86. The summed E-state index contributed by atoms with van der Waals surface area (Å²) in [4.78, 5) is 12.2. The molecule has 0 fully saturated rings. The van der Waals surface area contributed by atoms with Crippen molar-refractivity contribution in [3.05, 3.63) is 70.2 Å². The molecule has 0 bridgehead atoms. The molecule has 0 unspecified atom stereocenters. The van der Waals surface area contributed by atoms with Gasteiger partial charge in [0.15, 0.2) is 0 Å². The molecule has 2 aromatic carbocycles. The Balaban J connectivity index is 1.85. The first-order valence-corrected chi connectivity index (χ1v) is 8.75. The Hall–Kier alpha value is -1.84. The molecule has 0 saturated carbocycles. The SMILES string of the molecule is CCc1ccc([C@@H](C)NC(=O)CN[C@@H](C)c2ccccc2Cl)cc1. The molecule has 4 heteroatoms. The molecule has 3 nitrogen and oxygen atoms in total. The number of hydrogen-bond acceptors (Lipinski definition) is 2. The van der Waals surface area contributed by atoms with Crippen LogP contribution in [0.15, 0.2) is 48.5 Å². The van der Waals surface area contributed by atoms with Gasteiger partial charge in [0.05, 0.1) is 12.6 Å². The number of rotatable bonds is 7. The maximum atomic E-state index is 12.2. The fourth-order valence-electron chi connectivity index (χ4n) is 2.60. The van der Waals surface area contributed by atoms with Crippen LogP contribution in [0.3, 0.4) is 0 Å². The lowest BCUT2D eigenvalue weighted by atomic mass is 10.0. The molecule has 0 radical (unpaired) electrons. The van der Waals surface area contributed by atoms with Crippen LogP contribution >= 0.6 is 11.6 Å². The second-order valence-corrected chi connectivity index (χ2v) is 6.42. The predicted molar refractivity (Wildman–Crippen MR) is 100 cm³/mol. The van der Waals surface area contributed by atoms with Gasteiger partial charge in [0, 0.05) is 11.1 Å². The lowest BCUT2D eigenvalue weighted by Crippen LogP contribution is -2.36. The minimum Gasteiger partial charge on any atom is -0.348 e. The minimum absolute atomic E-state index is 0.0131. The number of benzene rings is 2. The summed E-state index contributed by atoms with van der Waals surface area (Å²) in [6, 6.07) is 16.0. The van der Waals surface area contributed by atoms with Gasteiger partial charge < -0.3 is 10.6 Å². The van der Waals surface area contributed by atoms with Gasteiger partial charge in [-0.15, -0.1) is 0 Å². The van der Waals surface area contributed by atoms with E-state index in [4.69, 9.17) is 11.6 Å². The molecular weight excluding hydrogens is 320 g/mol. The standard InChI is InChI=1S/C20H25ClN2O/c1-4-16-9-11-17(12-10-16)14(2)23-20(24)13-22-15(3)18-7-5-6-8-19(18)21/h5-12,14-15,22H,4,13H2,1-3H3,(H,23,24)/t14-,15+/m1/s1. The first-order valence-electron chi connectivity index (χ1n) is 8.37. The molecule has 0 aromatic heterocycles. The summed E-state index contributed by atoms with van der Waals surface area (Å²) in [5.74, 6) is -0.0269. The highest BCUT2D eigenvalue weighted by Crippen LogP contribution is 2.21. The van der Waals surface area contributed by atoms with Gasteiger partial charge in [0.2, 0.25) is 5.91 Å². The molecule has 1 amide bonds. The molecule has 0 spiro atoms. The van der Waals surface area contributed by atoms with Crippen LogP contribution in [0, 0.1) is 0 Å². The Morgan fingerprint density at radius 1 is 1.04 bits per heavy atom. The van der Waals surface area contributed by atoms with Crippen LogP contribution in [0.4, 0.5) is 0 Å². The van der Waals surface area contributed by atoms with Crippen molar-refractivity contribution in [3.63, 3.8) is 0 Å². The summed E-state index contributed by atoms with van der Waals surface area (Å²) >= 11 is 6.18. The zero-order valence-corrected chi connectivity index (χ0v) is 15.2. The van der Waals surface area contributed by atoms with Gasteiger partial charge in [0.25, 0.3) is 0 Å². The maximum absolute atomic E-state index is 12.2. The van der Waals surface area contributed by atoms with E-state index >= 15 is 0 Å². The van der Waals surface area contributed by atoms with Crippen molar-refractivity contribution in [2.75, 3.05) is 6.54 Å². The van der Waals surface area contributed by atoms with E-state index in [2.05, 4.69) is 41.8 Å². The first-order chi connectivity index (χ1) is 11.5. The van der Waals surface area contributed by atoms with Gasteiger partial charge in [-0.2, -0.15) is 0 Å². The first kappa shape index (κ1) is 18.5. The van der Waals surface area contributed by atoms with Crippen molar-refractivity contribution in [2.45, 2.75) is 39.3 Å². The molecule has 24 heavy (non-hydrogen) atoms. The van der Waals surface area contributed by atoms with E-state index in [1.165, 1.54) is 5.56 Å². The zero-order valence-electron chi connectivity index (χ0n) is 14.5. The maximum Gasteiger partial charge on any atom is 0.234 e. The minimum atomic E-state index is -0.0269. The molecule has 2 aromatic rings. The van der Waals surface area contributed by atoms with E-state index in [9.17, 15) is 4.79 Å². The van der Waals surface area contributed by atoms with E-state index in [1.807, 2.05) is 38.1 Å². The van der Waals surface area contributed by atoms with Crippen LogP contribution in [0.5, 0.6) is 0 Å². The van der Waals surface area contributed by atoms with Gasteiger partial charge >= 0.3 is 0 Å².